The molecule has 9 heteroatoms. The summed E-state index contributed by atoms with van der Waals surface area (Å²) in [5.74, 6) is 2.90. The van der Waals surface area contributed by atoms with Crippen molar-refractivity contribution in [3.8, 4) is 11.5 Å². The molecule has 1 unspecified atom stereocenters. The van der Waals surface area contributed by atoms with Crippen LogP contribution >= 0.6 is 0 Å². The summed E-state index contributed by atoms with van der Waals surface area (Å²) in [6, 6.07) is 7.22. The number of hydrogen-bond donors (Lipinski definition) is 1. The molecule has 0 amide bonds. The predicted octanol–water partition coefficient (Wildman–Crippen LogP) is 1.57. The Bertz CT molecular complexity index is 903. The Kier molecular flexibility index (Phi) is 3.87. The molecule has 25 heavy (non-hydrogen) atoms. The van der Waals surface area contributed by atoms with E-state index in [1.807, 2.05) is 30.1 Å². The fourth-order valence-corrected chi connectivity index (χ4v) is 4.75. The molecule has 1 N–H and O–H groups in total. The third-order valence-corrected chi connectivity index (χ3v) is 6.14. The predicted molar refractivity (Wildman–Crippen MR) is 93.3 cm³/mol. The molecule has 0 saturated carbocycles. The maximum atomic E-state index is 11.7. The Labute approximate surface area is 145 Å². The molecule has 2 aliphatic heterocycles. The second-order valence-electron chi connectivity index (χ2n) is 6.10. The molecule has 2 aromatic rings. The number of aromatic nitrogens is 2. The number of benzene rings is 1. The number of rotatable bonds is 4. The SMILES string of the molecule is CN(c1ccnc(Nc2ccc3c(c2)OCO3)n1)C1CCS(=O)(=O)C1. The van der Waals surface area contributed by atoms with Gasteiger partial charge in [0.05, 0.1) is 11.5 Å². The first-order valence-electron chi connectivity index (χ1n) is 7.93. The number of hydrogen-bond acceptors (Lipinski definition) is 8. The van der Waals surface area contributed by atoms with Gasteiger partial charge in [0.2, 0.25) is 12.7 Å². The lowest BCUT2D eigenvalue weighted by Crippen LogP contribution is -2.33. The van der Waals surface area contributed by atoms with Crippen LogP contribution in [0.2, 0.25) is 0 Å². The van der Waals surface area contributed by atoms with Gasteiger partial charge >= 0.3 is 0 Å². The van der Waals surface area contributed by atoms with Gasteiger partial charge in [-0.1, -0.05) is 0 Å². The fourth-order valence-electron chi connectivity index (χ4n) is 2.98. The van der Waals surface area contributed by atoms with Gasteiger partial charge in [-0.15, -0.1) is 0 Å². The molecule has 0 bridgehead atoms. The van der Waals surface area contributed by atoms with Crippen molar-refractivity contribution >= 4 is 27.3 Å². The maximum Gasteiger partial charge on any atom is 0.231 e. The number of nitrogens with zero attached hydrogens (tertiary/aromatic N) is 3. The summed E-state index contributed by atoms with van der Waals surface area (Å²) in [5, 5.41) is 3.13. The van der Waals surface area contributed by atoms with Crippen molar-refractivity contribution in [3.05, 3.63) is 30.5 Å². The zero-order valence-corrected chi connectivity index (χ0v) is 14.5. The summed E-state index contributed by atoms with van der Waals surface area (Å²) in [6.45, 7) is 0.222. The Hall–Kier alpha value is -2.55. The highest BCUT2D eigenvalue weighted by Gasteiger charge is 2.31. The summed E-state index contributed by atoms with van der Waals surface area (Å²) in [4.78, 5) is 10.6. The molecule has 0 spiro atoms. The molecule has 8 nitrogen and oxygen atoms in total. The van der Waals surface area contributed by atoms with Crippen LogP contribution in [0.15, 0.2) is 30.5 Å². The van der Waals surface area contributed by atoms with Crippen LogP contribution in [0.25, 0.3) is 0 Å². The van der Waals surface area contributed by atoms with Crippen molar-refractivity contribution in [2.24, 2.45) is 0 Å². The molecular formula is C16H18N4O4S. The van der Waals surface area contributed by atoms with Gasteiger partial charge in [0.1, 0.15) is 5.82 Å². The molecule has 132 valence electrons. The van der Waals surface area contributed by atoms with Crippen molar-refractivity contribution in [2.45, 2.75) is 12.5 Å². The second kappa shape index (κ2) is 6.07. The molecule has 0 aliphatic carbocycles. The Morgan fingerprint density at radius 1 is 1.24 bits per heavy atom. The average molecular weight is 362 g/mol. The molecule has 4 rings (SSSR count). The Morgan fingerprint density at radius 3 is 2.88 bits per heavy atom. The van der Waals surface area contributed by atoms with Crippen LogP contribution in [0.3, 0.4) is 0 Å². The highest BCUT2D eigenvalue weighted by atomic mass is 32.2. The number of fused-ring (bicyclic) bond motifs is 1. The third-order valence-electron chi connectivity index (χ3n) is 4.39. The standard InChI is InChI=1S/C16H18N4O4S/c1-20(12-5-7-25(21,22)9-12)15-4-6-17-16(19-15)18-11-2-3-13-14(8-11)24-10-23-13/h2-4,6,8,12H,5,7,9-10H2,1H3,(H,17,18,19). The van der Waals surface area contributed by atoms with E-state index >= 15 is 0 Å². The van der Waals surface area contributed by atoms with E-state index in [9.17, 15) is 8.42 Å². The van der Waals surface area contributed by atoms with Crippen LogP contribution in [0.1, 0.15) is 6.42 Å². The average Bonchev–Trinajstić information content (AvgIpc) is 3.20. The van der Waals surface area contributed by atoms with Crippen LogP contribution in [-0.4, -0.2) is 49.8 Å². The van der Waals surface area contributed by atoms with Crippen molar-refractivity contribution < 1.29 is 17.9 Å². The number of sulfone groups is 1. The molecule has 1 aromatic heterocycles. The van der Waals surface area contributed by atoms with E-state index in [2.05, 4.69) is 15.3 Å². The fraction of sp³-hybridized carbons (Fsp3) is 0.375. The summed E-state index contributed by atoms with van der Waals surface area (Å²) in [6.07, 6.45) is 2.27. The smallest absolute Gasteiger partial charge is 0.231 e. The van der Waals surface area contributed by atoms with E-state index in [-0.39, 0.29) is 24.3 Å². The summed E-state index contributed by atoms with van der Waals surface area (Å²) < 4.78 is 34.0. The molecule has 3 heterocycles. The van der Waals surface area contributed by atoms with Crippen molar-refractivity contribution in [2.75, 3.05) is 35.6 Å². The van der Waals surface area contributed by atoms with Gasteiger partial charge in [-0.2, -0.15) is 4.98 Å². The highest BCUT2D eigenvalue weighted by molar-refractivity contribution is 7.91. The lowest BCUT2D eigenvalue weighted by Gasteiger charge is -2.24. The maximum absolute atomic E-state index is 11.7. The van der Waals surface area contributed by atoms with Gasteiger partial charge < -0.3 is 19.7 Å². The first-order valence-corrected chi connectivity index (χ1v) is 9.75. The number of ether oxygens (including phenoxy) is 2. The third kappa shape index (κ3) is 3.32. The highest BCUT2D eigenvalue weighted by Crippen LogP contribution is 2.34. The molecular weight excluding hydrogens is 344 g/mol. The Morgan fingerprint density at radius 2 is 2.08 bits per heavy atom. The van der Waals surface area contributed by atoms with Gasteiger partial charge in [-0.3, -0.25) is 0 Å². The van der Waals surface area contributed by atoms with E-state index in [0.29, 0.717) is 29.7 Å². The van der Waals surface area contributed by atoms with Crippen LogP contribution in [0.4, 0.5) is 17.5 Å². The van der Waals surface area contributed by atoms with Crippen LogP contribution < -0.4 is 19.7 Å². The van der Waals surface area contributed by atoms with Gasteiger partial charge in [-0.25, -0.2) is 13.4 Å². The molecule has 1 aromatic carbocycles. The first-order chi connectivity index (χ1) is 12.0. The molecule has 1 saturated heterocycles. The van der Waals surface area contributed by atoms with E-state index in [4.69, 9.17) is 9.47 Å². The molecule has 0 radical (unpaired) electrons. The lowest BCUT2D eigenvalue weighted by molar-refractivity contribution is 0.174. The largest absolute Gasteiger partial charge is 0.454 e. The van der Waals surface area contributed by atoms with Crippen molar-refractivity contribution in [3.63, 3.8) is 0 Å². The van der Waals surface area contributed by atoms with Crippen LogP contribution in [-0.2, 0) is 9.84 Å². The zero-order valence-electron chi connectivity index (χ0n) is 13.7. The summed E-state index contributed by atoms with van der Waals surface area (Å²) in [5.41, 5.74) is 0.785. The van der Waals surface area contributed by atoms with Crippen LogP contribution in [0.5, 0.6) is 11.5 Å². The summed E-state index contributed by atoms with van der Waals surface area (Å²) >= 11 is 0. The second-order valence-corrected chi connectivity index (χ2v) is 8.33. The quantitative estimate of drug-likeness (QED) is 0.876. The van der Waals surface area contributed by atoms with Crippen molar-refractivity contribution in [1.82, 2.24) is 9.97 Å². The number of anilines is 3. The van der Waals surface area contributed by atoms with E-state index in [1.165, 1.54) is 0 Å². The minimum atomic E-state index is -2.94. The van der Waals surface area contributed by atoms with Gasteiger partial charge in [0.15, 0.2) is 21.3 Å². The number of nitrogens with one attached hydrogen (secondary N) is 1. The summed E-state index contributed by atoms with van der Waals surface area (Å²) in [7, 11) is -1.08. The molecule has 1 fully saturated rings. The topological polar surface area (TPSA) is 93.7 Å². The zero-order chi connectivity index (χ0) is 17.4. The lowest BCUT2D eigenvalue weighted by atomic mass is 10.2. The van der Waals surface area contributed by atoms with Gasteiger partial charge in [-0.05, 0) is 24.6 Å². The minimum absolute atomic E-state index is 0.0571. The van der Waals surface area contributed by atoms with Crippen LogP contribution in [0, 0.1) is 0 Å². The van der Waals surface area contributed by atoms with Gasteiger partial charge in [0.25, 0.3) is 0 Å². The van der Waals surface area contributed by atoms with Crippen molar-refractivity contribution in [1.29, 1.82) is 0 Å². The molecule has 1 atom stereocenters. The first kappa shape index (κ1) is 15.9. The monoisotopic (exact) mass is 362 g/mol. The van der Waals surface area contributed by atoms with Gasteiger partial charge in [0, 0.05) is 31.0 Å². The molecule has 2 aliphatic rings. The normalized spacial score (nSPS) is 20.4. The van der Waals surface area contributed by atoms with E-state index < -0.39 is 9.84 Å². The Balaban J connectivity index is 1.51. The van der Waals surface area contributed by atoms with E-state index in [1.54, 1.807) is 12.3 Å². The van der Waals surface area contributed by atoms with E-state index in [0.717, 1.165) is 5.69 Å². The minimum Gasteiger partial charge on any atom is -0.454 e.